The van der Waals surface area contributed by atoms with Crippen LogP contribution in [0.5, 0.6) is 0 Å². The Balaban J connectivity index is 3.06. The first-order valence-electron chi connectivity index (χ1n) is 5.10. The maximum absolute atomic E-state index is 5.52. The van der Waals surface area contributed by atoms with Crippen LogP contribution < -0.4 is 5.32 Å². The Kier molecular flexibility index (Phi) is 8.95. The minimum absolute atomic E-state index is 0.534. The van der Waals surface area contributed by atoms with Crippen molar-refractivity contribution in [2.45, 2.75) is 45.6 Å². The molecule has 0 aliphatic carbocycles. The van der Waals surface area contributed by atoms with Gasteiger partial charge in [0, 0.05) is 12.6 Å². The van der Waals surface area contributed by atoms with E-state index in [-0.39, 0.29) is 0 Å². The summed E-state index contributed by atoms with van der Waals surface area (Å²) in [6, 6.07) is 0.534. The molecule has 74 valence electrons. The van der Waals surface area contributed by atoms with E-state index in [1.807, 2.05) is 7.05 Å². The molecular weight excluding hydrogens is 150 g/mol. The van der Waals surface area contributed by atoms with Gasteiger partial charge in [0.2, 0.25) is 0 Å². The van der Waals surface area contributed by atoms with Crippen LogP contribution in [0.2, 0.25) is 0 Å². The number of hydrogen-bond donors (Lipinski definition) is 1. The molecule has 0 saturated heterocycles. The van der Waals surface area contributed by atoms with E-state index < -0.39 is 0 Å². The normalized spacial score (nSPS) is 13.2. The summed E-state index contributed by atoms with van der Waals surface area (Å²) in [4.78, 5) is 0. The van der Waals surface area contributed by atoms with Crippen LogP contribution >= 0.6 is 0 Å². The predicted octanol–water partition coefficient (Wildman–Crippen LogP) is 2.19. The average molecular weight is 173 g/mol. The van der Waals surface area contributed by atoms with Crippen molar-refractivity contribution in [3.8, 4) is 0 Å². The van der Waals surface area contributed by atoms with E-state index in [9.17, 15) is 0 Å². The fourth-order valence-corrected chi connectivity index (χ4v) is 1.09. The van der Waals surface area contributed by atoms with Gasteiger partial charge in [0.15, 0.2) is 0 Å². The second kappa shape index (κ2) is 9.01. The van der Waals surface area contributed by atoms with Crippen molar-refractivity contribution >= 4 is 0 Å². The highest BCUT2D eigenvalue weighted by Gasteiger charge is 2.01. The summed E-state index contributed by atoms with van der Waals surface area (Å²) in [6.07, 6.45) is 4.91. The molecule has 0 aliphatic heterocycles. The molecule has 0 fully saturated rings. The lowest BCUT2D eigenvalue weighted by atomic mass is 10.2. The molecule has 0 heterocycles. The van der Waals surface area contributed by atoms with E-state index in [2.05, 4.69) is 19.2 Å². The van der Waals surface area contributed by atoms with Crippen LogP contribution in [0, 0.1) is 0 Å². The van der Waals surface area contributed by atoms with Crippen LogP contribution in [-0.4, -0.2) is 26.3 Å². The van der Waals surface area contributed by atoms with Gasteiger partial charge >= 0.3 is 0 Å². The highest BCUT2D eigenvalue weighted by Crippen LogP contribution is 1.96. The Morgan fingerprint density at radius 2 is 2.00 bits per heavy atom. The minimum atomic E-state index is 0.534. The predicted molar refractivity (Wildman–Crippen MR) is 53.5 cm³/mol. The highest BCUT2D eigenvalue weighted by atomic mass is 16.5. The summed E-state index contributed by atoms with van der Waals surface area (Å²) in [6.45, 7) is 6.17. The molecule has 12 heavy (non-hydrogen) atoms. The highest BCUT2D eigenvalue weighted by molar-refractivity contribution is 4.59. The second-order valence-corrected chi connectivity index (χ2v) is 3.18. The van der Waals surface area contributed by atoms with Crippen molar-refractivity contribution in [2.24, 2.45) is 0 Å². The fourth-order valence-electron chi connectivity index (χ4n) is 1.09. The summed E-state index contributed by atoms with van der Waals surface area (Å²) >= 11 is 0. The Morgan fingerprint density at radius 1 is 1.25 bits per heavy atom. The smallest absolute Gasteiger partial charge is 0.0619 e. The molecule has 1 N–H and O–H groups in total. The Bertz CT molecular complexity index is 81.9. The van der Waals surface area contributed by atoms with Crippen LogP contribution in [0.4, 0.5) is 0 Å². The molecule has 1 unspecified atom stereocenters. The summed E-state index contributed by atoms with van der Waals surface area (Å²) < 4.78 is 5.52. The van der Waals surface area contributed by atoms with E-state index >= 15 is 0 Å². The van der Waals surface area contributed by atoms with Crippen molar-refractivity contribution in [2.75, 3.05) is 20.3 Å². The molecule has 0 amide bonds. The maximum Gasteiger partial charge on any atom is 0.0619 e. The molecule has 2 nitrogen and oxygen atoms in total. The number of rotatable bonds is 8. The first kappa shape index (κ1) is 11.9. The SMILES string of the molecule is CCCCCOCC(CC)NC. The number of unbranched alkanes of at least 4 members (excludes halogenated alkanes) is 2. The van der Waals surface area contributed by atoms with Crippen LogP contribution in [0.3, 0.4) is 0 Å². The zero-order valence-corrected chi connectivity index (χ0v) is 8.73. The van der Waals surface area contributed by atoms with Gasteiger partial charge in [0.1, 0.15) is 0 Å². The number of nitrogens with one attached hydrogen (secondary N) is 1. The third kappa shape index (κ3) is 6.62. The summed E-state index contributed by atoms with van der Waals surface area (Å²) in [5, 5.41) is 3.22. The van der Waals surface area contributed by atoms with E-state index in [0.29, 0.717) is 6.04 Å². The van der Waals surface area contributed by atoms with Gasteiger partial charge in [0.25, 0.3) is 0 Å². The number of likely N-dealkylation sites (N-methyl/N-ethyl adjacent to an activating group) is 1. The van der Waals surface area contributed by atoms with Gasteiger partial charge in [0.05, 0.1) is 6.61 Å². The molecule has 0 aromatic heterocycles. The Labute approximate surface area is 76.7 Å². The van der Waals surface area contributed by atoms with Crippen molar-refractivity contribution in [1.82, 2.24) is 5.32 Å². The molecule has 0 aromatic rings. The zero-order valence-electron chi connectivity index (χ0n) is 8.73. The lowest BCUT2D eigenvalue weighted by molar-refractivity contribution is 0.109. The van der Waals surface area contributed by atoms with Gasteiger partial charge in [-0.15, -0.1) is 0 Å². The zero-order chi connectivity index (χ0) is 9.23. The fraction of sp³-hybridized carbons (Fsp3) is 1.00. The van der Waals surface area contributed by atoms with Gasteiger partial charge in [-0.1, -0.05) is 26.7 Å². The monoisotopic (exact) mass is 173 g/mol. The van der Waals surface area contributed by atoms with Crippen molar-refractivity contribution in [3.05, 3.63) is 0 Å². The summed E-state index contributed by atoms with van der Waals surface area (Å²) in [5.74, 6) is 0. The molecular formula is C10H23NO. The van der Waals surface area contributed by atoms with Crippen LogP contribution in [0.15, 0.2) is 0 Å². The molecule has 0 radical (unpaired) electrons. The van der Waals surface area contributed by atoms with E-state index in [1.54, 1.807) is 0 Å². The lowest BCUT2D eigenvalue weighted by Gasteiger charge is -2.13. The van der Waals surface area contributed by atoms with Gasteiger partial charge in [-0.3, -0.25) is 0 Å². The van der Waals surface area contributed by atoms with Gasteiger partial charge < -0.3 is 10.1 Å². The van der Waals surface area contributed by atoms with Gasteiger partial charge in [-0.05, 0) is 19.9 Å². The van der Waals surface area contributed by atoms with Gasteiger partial charge in [-0.25, -0.2) is 0 Å². The molecule has 0 rings (SSSR count). The standard InChI is InChI=1S/C10H23NO/c1-4-6-7-8-12-9-10(5-2)11-3/h10-11H,4-9H2,1-3H3. The van der Waals surface area contributed by atoms with Gasteiger partial charge in [-0.2, -0.15) is 0 Å². The molecule has 1 atom stereocenters. The van der Waals surface area contributed by atoms with Crippen molar-refractivity contribution in [1.29, 1.82) is 0 Å². The Morgan fingerprint density at radius 3 is 2.50 bits per heavy atom. The third-order valence-corrected chi connectivity index (χ3v) is 2.11. The van der Waals surface area contributed by atoms with Crippen molar-refractivity contribution in [3.63, 3.8) is 0 Å². The Hall–Kier alpha value is -0.0800. The quantitative estimate of drug-likeness (QED) is 0.568. The van der Waals surface area contributed by atoms with Crippen LogP contribution in [0.25, 0.3) is 0 Å². The lowest BCUT2D eigenvalue weighted by Crippen LogP contribution is -2.29. The summed E-state index contributed by atoms with van der Waals surface area (Å²) in [5.41, 5.74) is 0. The molecule has 0 aromatic carbocycles. The van der Waals surface area contributed by atoms with E-state index in [1.165, 1.54) is 19.3 Å². The first-order valence-corrected chi connectivity index (χ1v) is 5.10. The second-order valence-electron chi connectivity index (χ2n) is 3.18. The maximum atomic E-state index is 5.52. The summed E-state index contributed by atoms with van der Waals surface area (Å²) in [7, 11) is 1.99. The molecule has 0 aliphatic rings. The van der Waals surface area contributed by atoms with Crippen LogP contribution in [-0.2, 0) is 4.74 Å². The number of ether oxygens (including phenoxy) is 1. The minimum Gasteiger partial charge on any atom is -0.380 e. The molecule has 0 spiro atoms. The largest absolute Gasteiger partial charge is 0.380 e. The molecule has 0 bridgehead atoms. The molecule has 2 heteroatoms. The van der Waals surface area contributed by atoms with Crippen molar-refractivity contribution < 1.29 is 4.74 Å². The topological polar surface area (TPSA) is 21.3 Å². The average Bonchev–Trinajstić information content (AvgIpc) is 2.11. The molecule has 0 saturated carbocycles. The third-order valence-electron chi connectivity index (χ3n) is 2.11. The van der Waals surface area contributed by atoms with E-state index in [4.69, 9.17) is 4.74 Å². The van der Waals surface area contributed by atoms with Crippen LogP contribution in [0.1, 0.15) is 39.5 Å². The number of hydrogen-bond acceptors (Lipinski definition) is 2. The van der Waals surface area contributed by atoms with E-state index in [0.717, 1.165) is 19.6 Å². The first-order chi connectivity index (χ1) is 5.85.